The van der Waals surface area contributed by atoms with E-state index in [1.165, 1.54) is 13.2 Å². The van der Waals surface area contributed by atoms with Crippen molar-refractivity contribution >= 4 is 21.7 Å². The molecule has 2 aromatic rings. The van der Waals surface area contributed by atoms with Crippen molar-refractivity contribution in [3.63, 3.8) is 0 Å². The van der Waals surface area contributed by atoms with Crippen molar-refractivity contribution < 1.29 is 22.6 Å². The number of hydrogen-bond acceptors (Lipinski definition) is 5. The van der Waals surface area contributed by atoms with Crippen LogP contribution >= 0.6 is 15.9 Å². The molecule has 2 rings (SSSR count). The van der Waals surface area contributed by atoms with Crippen LogP contribution in [-0.2, 0) is 6.18 Å². The lowest BCUT2D eigenvalue weighted by Crippen LogP contribution is -2.18. The van der Waals surface area contributed by atoms with Gasteiger partial charge in [0.1, 0.15) is 22.2 Å². The molecular weight excluding hydrogens is 451 g/mol. The number of nitrogens with one attached hydrogen (secondary N) is 1. The van der Waals surface area contributed by atoms with Crippen molar-refractivity contribution in [2.75, 3.05) is 19.5 Å². The lowest BCUT2D eigenvalue weighted by molar-refractivity contribution is -0.137. The molecule has 0 bridgehead atoms. The lowest BCUT2D eigenvalue weighted by Gasteiger charge is -2.20. The Labute approximate surface area is 177 Å². The lowest BCUT2D eigenvalue weighted by atomic mass is 10.1. The van der Waals surface area contributed by atoms with E-state index >= 15 is 0 Å². The second kappa shape index (κ2) is 10.1. The van der Waals surface area contributed by atoms with Crippen LogP contribution in [-0.4, -0.2) is 30.2 Å². The summed E-state index contributed by atoms with van der Waals surface area (Å²) in [5.74, 6) is 0.809. The van der Waals surface area contributed by atoms with Crippen LogP contribution in [0.15, 0.2) is 22.8 Å². The fourth-order valence-electron chi connectivity index (χ4n) is 2.94. The zero-order valence-corrected chi connectivity index (χ0v) is 18.4. The molecule has 0 unspecified atom stereocenters. The standard InChI is InChI=1S/C20H25BrF3N3O2/c1-5-7-13(8-6-2)29-19-18(25-3)26-16(17(21)27-19)14-10-9-12(20(22,23)24)11-15(14)28-4/h9-11,13H,5-8H2,1-4H3,(H,25,26). The van der Waals surface area contributed by atoms with Crippen molar-refractivity contribution in [2.45, 2.75) is 51.8 Å². The van der Waals surface area contributed by atoms with E-state index in [0.717, 1.165) is 37.8 Å². The summed E-state index contributed by atoms with van der Waals surface area (Å²) < 4.78 is 50.7. The predicted octanol–water partition coefficient (Wildman–Crippen LogP) is 6.32. The number of ether oxygens (including phenoxy) is 2. The molecule has 0 aliphatic rings. The Morgan fingerprint density at radius 3 is 2.31 bits per heavy atom. The Morgan fingerprint density at radius 1 is 1.14 bits per heavy atom. The minimum atomic E-state index is -4.46. The number of hydrogen-bond donors (Lipinski definition) is 1. The van der Waals surface area contributed by atoms with Crippen molar-refractivity contribution in [1.82, 2.24) is 9.97 Å². The molecule has 160 valence electrons. The van der Waals surface area contributed by atoms with Crippen LogP contribution in [0, 0.1) is 0 Å². The Morgan fingerprint density at radius 2 is 1.79 bits per heavy atom. The number of benzene rings is 1. The average molecular weight is 476 g/mol. The Kier molecular flexibility index (Phi) is 8.13. The van der Waals surface area contributed by atoms with Crippen LogP contribution in [0.25, 0.3) is 11.3 Å². The first-order valence-electron chi connectivity index (χ1n) is 9.42. The van der Waals surface area contributed by atoms with Gasteiger partial charge in [0.05, 0.1) is 12.7 Å². The second-order valence-electron chi connectivity index (χ2n) is 6.50. The molecule has 0 atom stereocenters. The predicted molar refractivity (Wildman–Crippen MR) is 111 cm³/mol. The fraction of sp³-hybridized carbons (Fsp3) is 0.500. The third-order valence-electron chi connectivity index (χ3n) is 4.34. The van der Waals surface area contributed by atoms with E-state index in [1.807, 2.05) is 0 Å². The summed E-state index contributed by atoms with van der Waals surface area (Å²) in [5, 5.41) is 2.96. The molecule has 0 amide bonds. The summed E-state index contributed by atoms with van der Waals surface area (Å²) in [6.45, 7) is 4.18. The van der Waals surface area contributed by atoms with Gasteiger partial charge in [0.25, 0.3) is 5.88 Å². The van der Waals surface area contributed by atoms with Crippen LogP contribution in [0.3, 0.4) is 0 Å². The Bertz CT molecular complexity index is 825. The minimum absolute atomic E-state index is 0.0183. The number of anilines is 1. The fourth-order valence-corrected chi connectivity index (χ4v) is 3.41. The SMILES string of the molecule is CCCC(CCC)Oc1nc(Br)c(-c2ccc(C(F)(F)F)cc2OC)nc1NC. The van der Waals surface area contributed by atoms with Gasteiger partial charge in [0, 0.05) is 12.6 Å². The van der Waals surface area contributed by atoms with Gasteiger partial charge in [-0.15, -0.1) is 0 Å². The molecule has 0 spiro atoms. The molecule has 0 fully saturated rings. The van der Waals surface area contributed by atoms with Gasteiger partial charge in [-0.25, -0.2) is 9.97 Å². The van der Waals surface area contributed by atoms with Crippen LogP contribution in [0.2, 0.25) is 0 Å². The smallest absolute Gasteiger partial charge is 0.416 e. The van der Waals surface area contributed by atoms with E-state index < -0.39 is 11.7 Å². The highest BCUT2D eigenvalue weighted by molar-refractivity contribution is 9.10. The van der Waals surface area contributed by atoms with E-state index in [-0.39, 0.29) is 11.9 Å². The highest BCUT2D eigenvalue weighted by Gasteiger charge is 2.32. The summed E-state index contributed by atoms with van der Waals surface area (Å²) >= 11 is 3.38. The molecule has 5 nitrogen and oxygen atoms in total. The summed E-state index contributed by atoms with van der Waals surface area (Å²) in [4.78, 5) is 8.99. The Hall–Kier alpha value is -2.03. The van der Waals surface area contributed by atoms with E-state index in [2.05, 4.69) is 45.1 Å². The largest absolute Gasteiger partial charge is 0.496 e. The summed E-state index contributed by atoms with van der Waals surface area (Å²) in [6.07, 6.45) is -0.694. The summed E-state index contributed by atoms with van der Waals surface area (Å²) in [5.41, 5.74) is -0.0469. The third kappa shape index (κ3) is 5.74. The number of nitrogens with zero attached hydrogens (tertiary/aromatic N) is 2. The van der Waals surface area contributed by atoms with Crippen molar-refractivity contribution in [3.8, 4) is 22.9 Å². The molecule has 0 radical (unpaired) electrons. The van der Waals surface area contributed by atoms with E-state index in [4.69, 9.17) is 9.47 Å². The van der Waals surface area contributed by atoms with E-state index in [0.29, 0.717) is 27.6 Å². The van der Waals surface area contributed by atoms with Gasteiger partial charge in [-0.3, -0.25) is 0 Å². The van der Waals surface area contributed by atoms with Crippen molar-refractivity contribution in [2.24, 2.45) is 0 Å². The number of rotatable bonds is 9. The minimum Gasteiger partial charge on any atom is -0.496 e. The molecule has 0 saturated carbocycles. The quantitative estimate of drug-likeness (QED) is 0.459. The monoisotopic (exact) mass is 475 g/mol. The molecule has 1 N–H and O–H groups in total. The van der Waals surface area contributed by atoms with Gasteiger partial charge < -0.3 is 14.8 Å². The van der Waals surface area contributed by atoms with Gasteiger partial charge in [-0.1, -0.05) is 26.7 Å². The first kappa shape index (κ1) is 23.3. The number of methoxy groups -OCH3 is 1. The topological polar surface area (TPSA) is 56.3 Å². The van der Waals surface area contributed by atoms with Crippen molar-refractivity contribution in [3.05, 3.63) is 28.4 Å². The molecule has 1 heterocycles. The highest BCUT2D eigenvalue weighted by atomic mass is 79.9. The second-order valence-corrected chi connectivity index (χ2v) is 7.25. The number of alkyl halides is 3. The van der Waals surface area contributed by atoms with Gasteiger partial charge in [0.15, 0.2) is 5.82 Å². The zero-order chi connectivity index (χ0) is 21.6. The van der Waals surface area contributed by atoms with Gasteiger partial charge >= 0.3 is 6.18 Å². The summed E-state index contributed by atoms with van der Waals surface area (Å²) in [6, 6.07) is 3.27. The number of halogens is 4. The van der Waals surface area contributed by atoms with Crippen LogP contribution in [0.1, 0.15) is 45.1 Å². The van der Waals surface area contributed by atoms with Gasteiger partial charge in [0.2, 0.25) is 0 Å². The molecular formula is C20H25BrF3N3O2. The molecule has 0 saturated heterocycles. The molecule has 0 aliphatic heterocycles. The van der Waals surface area contributed by atoms with Gasteiger partial charge in [-0.05, 0) is 47.0 Å². The number of aromatic nitrogens is 2. The van der Waals surface area contributed by atoms with Gasteiger partial charge in [-0.2, -0.15) is 13.2 Å². The maximum absolute atomic E-state index is 13.0. The maximum Gasteiger partial charge on any atom is 0.416 e. The van der Waals surface area contributed by atoms with Crippen LogP contribution in [0.4, 0.5) is 19.0 Å². The van der Waals surface area contributed by atoms with Crippen LogP contribution < -0.4 is 14.8 Å². The molecule has 1 aromatic carbocycles. The molecule has 9 heteroatoms. The van der Waals surface area contributed by atoms with E-state index in [1.54, 1.807) is 7.05 Å². The molecule has 0 aliphatic carbocycles. The first-order valence-corrected chi connectivity index (χ1v) is 10.2. The van der Waals surface area contributed by atoms with Crippen molar-refractivity contribution in [1.29, 1.82) is 0 Å². The normalized spacial score (nSPS) is 11.6. The zero-order valence-electron chi connectivity index (χ0n) is 16.9. The van der Waals surface area contributed by atoms with Crippen LogP contribution in [0.5, 0.6) is 11.6 Å². The van der Waals surface area contributed by atoms with E-state index in [9.17, 15) is 13.2 Å². The molecule has 1 aromatic heterocycles. The third-order valence-corrected chi connectivity index (χ3v) is 4.89. The first-order chi connectivity index (χ1) is 13.7. The Balaban J connectivity index is 2.48. The maximum atomic E-state index is 13.0. The molecule has 29 heavy (non-hydrogen) atoms. The average Bonchev–Trinajstić information content (AvgIpc) is 2.67. The highest BCUT2D eigenvalue weighted by Crippen LogP contribution is 2.40. The summed E-state index contributed by atoms with van der Waals surface area (Å²) in [7, 11) is 3.00.